The van der Waals surface area contributed by atoms with Crippen LogP contribution in [0.4, 0.5) is 0 Å². The van der Waals surface area contributed by atoms with Crippen LogP contribution < -0.4 is 0 Å². The summed E-state index contributed by atoms with van der Waals surface area (Å²) in [6, 6.07) is 76.2. The summed E-state index contributed by atoms with van der Waals surface area (Å²) < 4.78 is 9.22. The third-order valence-corrected chi connectivity index (χ3v) is 11.9. The molecule has 12 aromatic rings. The predicted octanol–water partition coefficient (Wildman–Crippen LogP) is 14.9. The fourth-order valence-electron chi connectivity index (χ4n) is 8.85. The van der Waals surface area contributed by atoms with Crippen LogP contribution in [0.5, 0.6) is 0 Å². The molecule has 62 heavy (non-hydrogen) atoms. The standard InChI is InChI=1S/C57H36N4O/c1-4-14-37(15-5-1)40-24-28-42(29-25-40)55-58-56(43-30-26-41(27-31-43)38-16-6-2-7-17-38)60-57(59-55)49-34-44(39-18-8-3-9-19-39)35-53-54(49)48-33-32-45(36-52(48)62-53)61-50-22-12-10-20-46(50)47-21-11-13-23-51(47)61/h1-36H. The summed E-state index contributed by atoms with van der Waals surface area (Å²) in [4.78, 5) is 15.7. The lowest BCUT2D eigenvalue weighted by Gasteiger charge is -2.12. The van der Waals surface area contributed by atoms with Crippen LogP contribution in [0, 0.1) is 0 Å². The Morgan fingerprint density at radius 3 is 1.27 bits per heavy atom. The number of hydrogen-bond acceptors (Lipinski definition) is 4. The second kappa shape index (κ2) is 14.7. The minimum absolute atomic E-state index is 0.571. The molecule has 0 N–H and O–H groups in total. The molecule has 0 aliphatic rings. The van der Waals surface area contributed by atoms with Gasteiger partial charge in [-0.15, -0.1) is 0 Å². The van der Waals surface area contributed by atoms with Crippen LogP contribution >= 0.6 is 0 Å². The van der Waals surface area contributed by atoms with Crippen molar-refractivity contribution >= 4 is 43.7 Å². The quantitative estimate of drug-likeness (QED) is 0.161. The van der Waals surface area contributed by atoms with Crippen LogP contribution in [0.25, 0.3) is 117 Å². The van der Waals surface area contributed by atoms with E-state index in [-0.39, 0.29) is 0 Å². The molecule has 0 aliphatic carbocycles. The van der Waals surface area contributed by atoms with E-state index >= 15 is 0 Å². The summed E-state index contributed by atoms with van der Waals surface area (Å²) in [5, 5.41) is 4.37. The Labute approximate surface area is 357 Å². The first-order valence-corrected chi connectivity index (χ1v) is 20.8. The van der Waals surface area contributed by atoms with Crippen LogP contribution in [-0.4, -0.2) is 19.5 Å². The van der Waals surface area contributed by atoms with Crippen LogP contribution in [-0.2, 0) is 0 Å². The number of nitrogens with zero attached hydrogens (tertiary/aromatic N) is 4. The Morgan fingerprint density at radius 2 is 0.742 bits per heavy atom. The summed E-state index contributed by atoms with van der Waals surface area (Å²) in [7, 11) is 0. The van der Waals surface area contributed by atoms with Gasteiger partial charge in [0.15, 0.2) is 17.5 Å². The maximum Gasteiger partial charge on any atom is 0.164 e. The first-order valence-electron chi connectivity index (χ1n) is 20.8. The fourth-order valence-corrected chi connectivity index (χ4v) is 8.85. The van der Waals surface area contributed by atoms with Gasteiger partial charge in [-0.1, -0.05) is 176 Å². The van der Waals surface area contributed by atoms with Gasteiger partial charge in [0.2, 0.25) is 0 Å². The zero-order valence-corrected chi connectivity index (χ0v) is 33.5. The molecular formula is C57H36N4O. The monoisotopic (exact) mass is 792 g/mol. The van der Waals surface area contributed by atoms with Gasteiger partial charge in [0.25, 0.3) is 0 Å². The molecule has 0 unspecified atom stereocenters. The average molecular weight is 793 g/mol. The Hall–Kier alpha value is -8.41. The Bertz CT molecular complexity index is 3440. The Balaban J connectivity index is 1.07. The number of hydrogen-bond donors (Lipinski definition) is 0. The molecule has 0 spiro atoms. The molecule has 3 aromatic heterocycles. The van der Waals surface area contributed by atoms with Crippen molar-refractivity contribution in [3.63, 3.8) is 0 Å². The van der Waals surface area contributed by atoms with Gasteiger partial charge >= 0.3 is 0 Å². The molecule has 0 amide bonds. The van der Waals surface area contributed by atoms with Crippen molar-refractivity contribution in [2.75, 3.05) is 0 Å². The topological polar surface area (TPSA) is 56.7 Å². The van der Waals surface area contributed by atoms with E-state index in [9.17, 15) is 0 Å². The summed E-state index contributed by atoms with van der Waals surface area (Å²) in [5.41, 5.74) is 14.2. The molecule has 0 aliphatic heterocycles. The summed E-state index contributed by atoms with van der Waals surface area (Å²) in [6.07, 6.45) is 0. The van der Waals surface area contributed by atoms with Crippen LogP contribution in [0.3, 0.4) is 0 Å². The number of benzene rings is 9. The van der Waals surface area contributed by atoms with Crippen molar-refractivity contribution in [3.05, 3.63) is 218 Å². The first kappa shape index (κ1) is 35.5. The Kier molecular flexibility index (Phi) is 8.42. The van der Waals surface area contributed by atoms with E-state index < -0.39 is 0 Å². The predicted molar refractivity (Wildman–Crippen MR) is 254 cm³/mol. The van der Waals surface area contributed by atoms with E-state index in [0.717, 1.165) is 88.7 Å². The number of fused-ring (bicyclic) bond motifs is 6. The van der Waals surface area contributed by atoms with Crippen LogP contribution in [0.1, 0.15) is 0 Å². The van der Waals surface area contributed by atoms with E-state index in [1.54, 1.807) is 0 Å². The molecule has 12 rings (SSSR count). The van der Waals surface area contributed by atoms with Crippen molar-refractivity contribution in [1.29, 1.82) is 0 Å². The van der Waals surface area contributed by atoms with Gasteiger partial charge in [-0.3, -0.25) is 0 Å². The van der Waals surface area contributed by atoms with Gasteiger partial charge in [-0.2, -0.15) is 0 Å². The van der Waals surface area contributed by atoms with Gasteiger partial charge in [-0.25, -0.2) is 15.0 Å². The van der Waals surface area contributed by atoms with E-state index in [0.29, 0.717) is 17.5 Å². The largest absolute Gasteiger partial charge is 0.456 e. The second-order valence-corrected chi connectivity index (χ2v) is 15.6. The number of aromatic nitrogens is 4. The number of rotatable bonds is 7. The molecule has 0 fully saturated rings. The summed E-state index contributed by atoms with van der Waals surface area (Å²) >= 11 is 0. The maximum atomic E-state index is 6.90. The smallest absolute Gasteiger partial charge is 0.164 e. The lowest BCUT2D eigenvalue weighted by molar-refractivity contribution is 0.669. The lowest BCUT2D eigenvalue weighted by Crippen LogP contribution is -2.01. The molecule has 3 heterocycles. The van der Waals surface area contributed by atoms with Gasteiger partial charge in [0, 0.05) is 50.0 Å². The highest BCUT2D eigenvalue weighted by Crippen LogP contribution is 2.42. The molecule has 0 saturated carbocycles. The number of furan rings is 1. The van der Waals surface area contributed by atoms with Gasteiger partial charge in [0.1, 0.15) is 11.2 Å². The van der Waals surface area contributed by atoms with Crippen molar-refractivity contribution in [2.24, 2.45) is 0 Å². The maximum absolute atomic E-state index is 6.90. The highest BCUT2D eigenvalue weighted by Gasteiger charge is 2.21. The zero-order valence-electron chi connectivity index (χ0n) is 33.5. The lowest BCUT2D eigenvalue weighted by atomic mass is 9.98. The second-order valence-electron chi connectivity index (χ2n) is 15.6. The first-order chi connectivity index (χ1) is 30.7. The van der Waals surface area contributed by atoms with Gasteiger partial charge in [-0.05, 0) is 69.8 Å². The Morgan fingerprint density at radius 1 is 0.306 bits per heavy atom. The van der Waals surface area contributed by atoms with Crippen molar-refractivity contribution in [3.8, 4) is 73.2 Å². The zero-order chi connectivity index (χ0) is 41.0. The fraction of sp³-hybridized carbons (Fsp3) is 0. The van der Waals surface area contributed by atoms with E-state index in [4.69, 9.17) is 19.4 Å². The molecule has 0 bridgehead atoms. The van der Waals surface area contributed by atoms with Crippen LogP contribution in [0.2, 0.25) is 0 Å². The summed E-state index contributed by atoms with van der Waals surface area (Å²) in [5.74, 6) is 1.76. The SMILES string of the molecule is c1ccc(-c2ccc(-c3nc(-c4ccc(-c5ccccc5)cc4)nc(-c4cc(-c5ccccc5)cc5oc6cc(-n7c8ccccc8c8ccccc87)ccc6c45)n3)cc2)cc1. The molecule has 0 atom stereocenters. The van der Waals surface area contributed by atoms with Crippen molar-refractivity contribution in [2.45, 2.75) is 0 Å². The normalized spacial score (nSPS) is 11.5. The molecule has 0 radical (unpaired) electrons. The molecule has 5 nitrogen and oxygen atoms in total. The third-order valence-electron chi connectivity index (χ3n) is 11.9. The molecule has 0 saturated heterocycles. The molecular weight excluding hydrogens is 757 g/mol. The van der Waals surface area contributed by atoms with Crippen molar-refractivity contribution in [1.82, 2.24) is 19.5 Å². The third kappa shape index (κ3) is 6.14. The highest BCUT2D eigenvalue weighted by molar-refractivity contribution is 6.14. The number of para-hydroxylation sites is 2. The summed E-state index contributed by atoms with van der Waals surface area (Å²) in [6.45, 7) is 0. The minimum Gasteiger partial charge on any atom is -0.456 e. The van der Waals surface area contributed by atoms with Crippen molar-refractivity contribution < 1.29 is 4.42 Å². The van der Waals surface area contributed by atoms with Gasteiger partial charge in [0.05, 0.1) is 11.0 Å². The minimum atomic E-state index is 0.571. The molecule has 9 aromatic carbocycles. The van der Waals surface area contributed by atoms with E-state index in [1.165, 1.54) is 10.8 Å². The molecule has 5 heteroatoms. The van der Waals surface area contributed by atoms with E-state index in [2.05, 4.69) is 205 Å². The molecule has 290 valence electrons. The van der Waals surface area contributed by atoms with Gasteiger partial charge < -0.3 is 8.98 Å². The van der Waals surface area contributed by atoms with E-state index in [1.807, 2.05) is 18.2 Å². The highest BCUT2D eigenvalue weighted by atomic mass is 16.3. The van der Waals surface area contributed by atoms with Crippen LogP contribution in [0.15, 0.2) is 223 Å². The average Bonchev–Trinajstić information content (AvgIpc) is 3.90.